The Labute approximate surface area is 116 Å². The standard InChI is InChI=1S/C12H18N2O6/c1-19-11(17)9-7-13(5-6-20-9)12(18)14-4-2-3-8(14)10(15)16/h8-9H,2-7H2,1H3,(H,15,16). The summed E-state index contributed by atoms with van der Waals surface area (Å²) in [6, 6.07) is -1.13. The number of hydrogen-bond acceptors (Lipinski definition) is 5. The van der Waals surface area contributed by atoms with Gasteiger partial charge in [-0.25, -0.2) is 14.4 Å². The Morgan fingerprint density at radius 2 is 2.05 bits per heavy atom. The van der Waals surface area contributed by atoms with Crippen molar-refractivity contribution in [2.24, 2.45) is 0 Å². The summed E-state index contributed by atoms with van der Waals surface area (Å²) < 4.78 is 9.84. The molecule has 2 amide bonds. The normalized spacial score (nSPS) is 26.4. The number of esters is 1. The maximum absolute atomic E-state index is 12.4. The highest BCUT2D eigenvalue weighted by Crippen LogP contribution is 2.20. The lowest BCUT2D eigenvalue weighted by molar-refractivity contribution is -0.158. The van der Waals surface area contributed by atoms with E-state index in [0.717, 1.165) is 0 Å². The second-order valence-electron chi connectivity index (χ2n) is 4.80. The fourth-order valence-electron chi connectivity index (χ4n) is 2.53. The van der Waals surface area contributed by atoms with E-state index in [1.165, 1.54) is 16.9 Å². The first-order valence-corrected chi connectivity index (χ1v) is 6.52. The first-order chi connectivity index (χ1) is 9.54. The van der Waals surface area contributed by atoms with Crippen LogP contribution in [-0.2, 0) is 19.1 Å². The van der Waals surface area contributed by atoms with Gasteiger partial charge in [0.1, 0.15) is 6.04 Å². The van der Waals surface area contributed by atoms with Gasteiger partial charge < -0.3 is 24.4 Å². The lowest BCUT2D eigenvalue weighted by Crippen LogP contribution is -2.54. The van der Waals surface area contributed by atoms with Crippen LogP contribution in [0, 0.1) is 0 Å². The minimum atomic E-state index is -0.992. The van der Waals surface area contributed by atoms with Crippen molar-refractivity contribution in [3.8, 4) is 0 Å². The largest absolute Gasteiger partial charge is 0.480 e. The van der Waals surface area contributed by atoms with Crippen LogP contribution in [0.1, 0.15) is 12.8 Å². The zero-order valence-electron chi connectivity index (χ0n) is 11.3. The molecule has 0 aromatic heterocycles. The molecule has 0 spiro atoms. The SMILES string of the molecule is COC(=O)C1CN(C(=O)N2CCCC2C(=O)O)CCO1. The highest BCUT2D eigenvalue weighted by atomic mass is 16.6. The fourth-order valence-corrected chi connectivity index (χ4v) is 2.53. The molecule has 112 valence electrons. The topological polar surface area (TPSA) is 96.4 Å². The van der Waals surface area contributed by atoms with E-state index in [2.05, 4.69) is 4.74 Å². The van der Waals surface area contributed by atoms with Crippen LogP contribution in [0.15, 0.2) is 0 Å². The number of carbonyl (C=O) groups excluding carboxylic acids is 2. The maximum Gasteiger partial charge on any atom is 0.336 e. The molecule has 0 saturated carbocycles. The number of nitrogens with zero attached hydrogens (tertiary/aromatic N) is 2. The number of likely N-dealkylation sites (tertiary alicyclic amines) is 1. The summed E-state index contributed by atoms with van der Waals surface area (Å²) in [5, 5.41) is 9.10. The van der Waals surface area contributed by atoms with Gasteiger partial charge in [-0.05, 0) is 12.8 Å². The number of ether oxygens (including phenoxy) is 2. The molecule has 0 radical (unpaired) electrons. The van der Waals surface area contributed by atoms with Gasteiger partial charge in [-0.3, -0.25) is 0 Å². The number of morpholine rings is 1. The van der Waals surface area contributed by atoms with Crippen LogP contribution in [-0.4, -0.2) is 78.4 Å². The number of amides is 2. The number of methoxy groups -OCH3 is 1. The molecule has 2 atom stereocenters. The Balaban J connectivity index is 2.01. The molecule has 1 N–H and O–H groups in total. The van der Waals surface area contributed by atoms with Crippen LogP contribution in [0.5, 0.6) is 0 Å². The summed E-state index contributed by atoms with van der Waals surface area (Å²) >= 11 is 0. The van der Waals surface area contributed by atoms with Gasteiger partial charge in [0.15, 0.2) is 6.10 Å². The van der Waals surface area contributed by atoms with Crippen LogP contribution >= 0.6 is 0 Å². The lowest BCUT2D eigenvalue weighted by Gasteiger charge is -2.35. The van der Waals surface area contributed by atoms with Gasteiger partial charge in [0.2, 0.25) is 0 Å². The smallest absolute Gasteiger partial charge is 0.336 e. The average molecular weight is 286 g/mol. The summed E-state index contributed by atoms with van der Waals surface area (Å²) in [5.41, 5.74) is 0. The molecule has 0 aliphatic carbocycles. The molecular formula is C12H18N2O6. The molecule has 20 heavy (non-hydrogen) atoms. The minimum absolute atomic E-state index is 0.0916. The van der Waals surface area contributed by atoms with Crippen LogP contribution in [0.3, 0.4) is 0 Å². The van der Waals surface area contributed by atoms with Crippen molar-refractivity contribution in [3.05, 3.63) is 0 Å². The van der Waals surface area contributed by atoms with Crippen molar-refractivity contribution < 1.29 is 29.0 Å². The highest BCUT2D eigenvalue weighted by Gasteiger charge is 2.38. The summed E-state index contributed by atoms with van der Waals surface area (Å²) in [7, 11) is 1.26. The number of urea groups is 1. The van der Waals surface area contributed by atoms with Gasteiger partial charge in [-0.15, -0.1) is 0 Å². The molecule has 2 aliphatic heterocycles. The van der Waals surface area contributed by atoms with Crippen LogP contribution in [0.25, 0.3) is 0 Å². The zero-order valence-corrected chi connectivity index (χ0v) is 11.3. The van der Waals surface area contributed by atoms with E-state index in [9.17, 15) is 14.4 Å². The predicted molar refractivity (Wildman–Crippen MR) is 66.1 cm³/mol. The first kappa shape index (κ1) is 14.6. The molecular weight excluding hydrogens is 268 g/mol. The third-order valence-corrected chi connectivity index (χ3v) is 3.58. The van der Waals surface area contributed by atoms with Crippen molar-refractivity contribution in [2.45, 2.75) is 25.0 Å². The maximum atomic E-state index is 12.4. The van der Waals surface area contributed by atoms with Crippen molar-refractivity contribution in [2.75, 3.05) is 33.4 Å². The predicted octanol–water partition coefficient (Wildman–Crippen LogP) is -0.471. The minimum Gasteiger partial charge on any atom is -0.480 e. The average Bonchev–Trinajstić information content (AvgIpc) is 2.95. The molecule has 8 heteroatoms. The van der Waals surface area contributed by atoms with E-state index in [-0.39, 0.29) is 19.2 Å². The fraction of sp³-hybridized carbons (Fsp3) is 0.750. The van der Waals surface area contributed by atoms with Crippen LogP contribution < -0.4 is 0 Å². The van der Waals surface area contributed by atoms with Gasteiger partial charge in [0.25, 0.3) is 0 Å². The summed E-state index contributed by atoms with van der Waals surface area (Å²) in [6.45, 7) is 1.09. The van der Waals surface area contributed by atoms with Crippen molar-refractivity contribution in [1.29, 1.82) is 0 Å². The van der Waals surface area contributed by atoms with Gasteiger partial charge in [0, 0.05) is 13.1 Å². The lowest BCUT2D eigenvalue weighted by atomic mass is 10.2. The zero-order chi connectivity index (χ0) is 14.7. The monoisotopic (exact) mass is 286 g/mol. The summed E-state index contributed by atoms with van der Waals surface area (Å²) in [6.07, 6.45) is 0.336. The third-order valence-electron chi connectivity index (χ3n) is 3.58. The number of aliphatic carboxylic acids is 1. The molecule has 2 unspecified atom stereocenters. The van der Waals surface area contributed by atoms with Gasteiger partial charge in [-0.2, -0.15) is 0 Å². The Bertz CT molecular complexity index is 413. The van der Waals surface area contributed by atoms with E-state index in [1.54, 1.807) is 0 Å². The van der Waals surface area contributed by atoms with Crippen molar-refractivity contribution in [1.82, 2.24) is 9.80 Å². The first-order valence-electron chi connectivity index (χ1n) is 6.52. The molecule has 2 fully saturated rings. The van der Waals surface area contributed by atoms with Crippen molar-refractivity contribution >= 4 is 18.0 Å². The molecule has 2 aliphatic rings. The second kappa shape index (κ2) is 6.08. The number of carboxylic acid groups (broad SMARTS) is 1. The highest BCUT2D eigenvalue weighted by molar-refractivity contribution is 5.84. The summed E-state index contributed by atoms with van der Waals surface area (Å²) in [4.78, 5) is 37.7. The quantitative estimate of drug-likeness (QED) is 0.689. The van der Waals surface area contributed by atoms with E-state index in [1.807, 2.05) is 0 Å². The molecule has 2 saturated heterocycles. The van der Waals surface area contributed by atoms with Gasteiger partial charge in [0.05, 0.1) is 20.3 Å². The number of hydrogen-bond donors (Lipinski definition) is 1. The van der Waals surface area contributed by atoms with Crippen LogP contribution in [0.4, 0.5) is 4.79 Å². The molecule has 0 bridgehead atoms. The number of rotatable bonds is 2. The van der Waals surface area contributed by atoms with E-state index < -0.39 is 24.1 Å². The molecule has 8 nitrogen and oxygen atoms in total. The summed E-state index contributed by atoms with van der Waals surface area (Å²) in [5.74, 6) is -1.52. The molecule has 2 heterocycles. The van der Waals surface area contributed by atoms with Gasteiger partial charge >= 0.3 is 18.0 Å². The molecule has 0 aromatic carbocycles. The Morgan fingerprint density at radius 1 is 1.30 bits per heavy atom. The van der Waals surface area contributed by atoms with E-state index in [0.29, 0.717) is 25.9 Å². The van der Waals surface area contributed by atoms with Crippen LogP contribution in [0.2, 0.25) is 0 Å². The van der Waals surface area contributed by atoms with E-state index >= 15 is 0 Å². The number of carboxylic acids is 1. The molecule has 0 aromatic rings. The number of carbonyl (C=O) groups is 3. The molecule has 2 rings (SSSR count). The Kier molecular flexibility index (Phi) is 4.43. The second-order valence-corrected chi connectivity index (χ2v) is 4.80. The van der Waals surface area contributed by atoms with Crippen molar-refractivity contribution in [3.63, 3.8) is 0 Å². The Morgan fingerprint density at radius 3 is 2.70 bits per heavy atom. The van der Waals surface area contributed by atoms with E-state index in [4.69, 9.17) is 9.84 Å². The Hall–Kier alpha value is -1.83. The van der Waals surface area contributed by atoms with Gasteiger partial charge in [-0.1, -0.05) is 0 Å². The third kappa shape index (κ3) is 2.84.